The summed E-state index contributed by atoms with van der Waals surface area (Å²) in [5.41, 5.74) is 5.49. The molecule has 4 unspecified atom stereocenters. The third-order valence-electron chi connectivity index (χ3n) is 7.62. The lowest BCUT2D eigenvalue weighted by molar-refractivity contribution is -0.240. The van der Waals surface area contributed by atoms with Gasteiger partial charge in [0.25, 0.3) is 5.91 Å². The number of likely N-dealkylation sites (tertiary alicyclic amines) is 1. The first kappa shape index (κ1) is 18.4. The van der Waals surface area contributed by atoms with Crippen LogP contribution in [0.25, 0.3) is 0 Å². The van der Waals surface area contributed by atoms with Crippen molar-refractivity contribution in [2.24, 2.45) is 23.0 Å². The van der Waals surface area contributed by atoms with E-state index in [1.807, 2.05) is 19.2 Å². The summed E-state index contributed by atoms with van der Waals surface area (Å²) < 4.78 is 11.3. The summed E-state index contributed by atoms with van der Waals surface area (Å²) in [4.78, 5) is 29.4. The predicted molar refractivity (Wildman–Crippen MR) is 104 cm³/mol. The van der Waals surface area contributed by atoms with Gasteiger partial charge in [-0.3, -0.25) is 4.79 Å². The highest BCUT2D eigenvalue weighted by Gasteiger charge is 2.75. The van der Waals surface area contributed by atoms with Crippen molar-refractivity contribution in [2.45, 2.75) is 24.9 Å². The SMILES string of the molecule is COC1(c2ccc(C(N)=O)s2)C2CCCC23CN(CCN2CCOC2=O)CC31. The third-order valence-corrected chi connectivity index (χ3v) is 8.85. The summed E-state index contributed by atoms with van der Waals surface area (Å²) in [7, 11) is 1.81. The van der Waals surface area contributed by atoms with Gasteiger partial charge in [0.15, 0.2) is 0 Å². The van der Waals surface area contributed by atoms with Gasteiger partial charge in [0, 0.05) is 50.0 Å². The molecule has 1 spiro atoms. The van der Waals surface area contributed by atoms with Crippen molar-refractivity contribution in [3.63, 3.8) is 0 Å². The van der Waals surface area contributed by atoms with Crippen molar-refractivity contribution in [1.29, 1.82) is 0 Å². The van der Waals surface area contributed by atoms with Crippen molar-refractivity contribution in [3.8, 4) is 0 Å². The zero-order valence-corrected chi connectivity index (χ0v) is 17.0. The Morgan fingerprint density at radius 2 is 2.25 bits per heavy atom. The van der Waals surface area contributed by atoms with Crippen LogP contribution in [0.1, 0.15) is 33.8 Å². The average Bonchev–Trinajstić information content (AvgIpc) is 3.44. The molecule has 1 aromatic rings. The normalized spacial score (nSPS) is 36.9. The van der Waals surface area contributed by atoms with Gasteiger partial charge in [-0.05, 0) is 30.4 Å². The van der Waals surface area contributed by atoms with Gasteiger partial charge in [0.2, 0.25) is 0 Å². The van der Waals surface area contributed by atoms with Gasteiger partial charge >= 0.3 is 6.09 Å². The number of methoxy groups -OCH3 is 1. The van der Waals surface area contributed by atoms with Crippen molar-refractivity contribution in [2.75, 3.05) is 46.4 Å². The van der Waals surface area contributed by atoms with Gasteiger partial charge in [-0.25, -0.2) is 4.79 Å². The van der Waals surface area contributed by atoms with Crippen molar-refractivity contribution in [1.82, 2.24) is 9.80 Å². The minimum atomic E-state index is -0.370. The topological polar surface area (TPSA) is 85.1 Å². The number of hydrogen-bond donors (Lipinski definition) is 1. The third kappa shape index (κ3) is 2.34. The molecule has 0 aromatic carbocycles. The Morgan fingerprint density at radius 1 is 1.39 bits per heavy atom. The Balaban J connectivity index is 1.38. The molecule has 2 amide bonds. The molecule has 152 valence electrons. The molecule has 4 fully saturated rings. The Bertz CT molecular complexity index is 813. The first-order valence-electron chi connectivity index (χ1n) is 10.1. The zero-order chi connectivity index (χ0) is 19.5. The van der Waals surface area contributed by atoms with E-state index in [0.29, 0.717) is 35.3 Å². The van der Waals surface area contributed by atoms with Gasteiger partial charge in [0.05, 0.1) is 11.4 Å². The number of thiophene rings is 1. The Hall–Kier alpha value is -1.64. The van der Waals surface area contributed by atoms with Crippen molar-refractivity contribution >= 4 is 23.3 Å². The predicted octanol–water partition coefficient (Wildman–Crippen LogP) is 1.87. The fourth-order valence-electron chi connectivity index (χ4n) is 6.56. The molecule has 2 saturated heterocycles. The molecule has 28 heavy (non-hydrogen) atoms. The maximum Gasteiger partial charge on any atom is 0.409 e. The smallest absolute Gasteiger partial charge is 0.409 e. The summed E-state index contributed by atoms with van der Waals surface area (Å²) in [5.74, 6) is 0.531. The second-order valence-electron chi connectivity index (χ2n) is 8.59. The lowest BCUT2D eigenvalue weighted by Crippen LogP contribution is -2.65. The summed E-state index contributed by atoms with van der Waals surface area (Å²) in [6.07, 6.45) is 3.44. The Morgan fingerprint density at radius 3 is 2.93 bits per heavy atom. The number of nitrogens with zero attached hydrogens (tertiary/aromatic N) is 2. The van der Waals surface area contributed by atoms with E-state index < -0.39 is 0 Å². The van der Waals surface area contributed by atoms with Gasteiger partial charge < -0.3 is 25.0 Å². The largest absolute Gasteiger partial charge is 0.448 e. The summed E-state index contributed by atoms with van der Waals surface area (Å²) in [5, 5.41) is 0. The highest BCUT2D eigenvalue weighted by Crippen LogP contribution is 2.74. The van der Waals surface area contributed by atoms with E-state index in [9.17, 15) is 9.59 Å². The molecule has 1 aromatic heterocycles. The number of cyclic esters (lactones) is 1. The highest BCUT2D eigenvalue weighted by atomic mass is 32.1. The Labute approximate surface area is 168 Å². The molecule has 7 nitrogen and oxygen atoms in total. The van der Waals surface area contributed by atoms with Crippen LogP contribution >= 0.6 is 11.3 Å². The van der Waals surface area contributed by atoms with E-state index in [-0.39, 0.29) is 17.6 Å². The van der Waals surface area contributed by atoms with Crippen LogP contribution in [0.15, 0.2) is 12.1 Å². The molecule has 0 radical (unpaired) electrons. The summed E-state index contributed by atoms with van der Waals surface area (Å²) >= 11 is 1.49. The number of hydrogen-bond acceptors (Lipinski definition) is 6. The average molecular weight is 406 g/mol. The fourth-order valence-corrected chi connectivity index (χ4v) is 7.69. The molecular formula is C20H27N3O4S. The van der Waals surface area contributed by atoms with Crippen molar-refractivity contribution in [3.05, 3.63) is 21.9 Å². The quantitative estimate of drug-likeness (QED) is 0.781. The molecule has 4 aliphatic rings. The standard InChI is InChI=1S/C20H27N3O4S/c1-26-20(16-5-4-13(28-16)17(21)24)14-3-2-6-19(14)12-22(11-15(19)20)7-8-23-9-10-27-18(23)25/h4-5,14-15H,2-3,6-12H2,1H3,(H2,21,24). The molecule has 8 heteroatoms. The first-order valence-corrected chi connectivity index (χ1v) is 10.9. The monoisotopic (exact) mass is 405 g/mol. The minimum Gasteiger partial charge on any atom is -0.448 e. The lowest BCUT2D eigenvalue weighted by atomic mass is 9.46. The number of nitrogens with two attached hydrogens (primary N) is 1. The van der Waals surface area contributed by atoms with Crippen LogP contribution in [0.2, 0.25) is 0 Å². The van der Waals surface area contributed by atoms with Gasteiger partial charge in [0.1, 0.15) is 12.2 Å². The fraction of sp³-hybridized carbons (Fsp3) is 0.700. The maximum absolute atomic E-state index is 11.7. The lowest BCUT2D eigenvalue weighted by Gasteiger charge is -2.62. The van der Waals surface area contributed by atoms with Crippen LogP contribution in [-0.4, -0.2) is 68.2 Å². The second-order valence-corrected chi connectivity index (χ2v) is 9.68. The number of amides is 2. The van der Waals surface area contributed by atoms with Crippen LogP contribution in [0, 0.1) is 17.3 Å². The molecule has 2 aliphatic carbocycles. The van der Waals surface area contributed by atoms with Crippen LogP contribution in [0.5, 0.6) is 0 Å². The summed E-state index contributed by atoms with van der Waals surface area (Å²) in [6, 6.07) is 3.88. The molecule has 0 bridgehead atoms. The van der Waals surface area contributed by atoms with E-state index in [1.165, 1.54) is 30.6 Å². The van der Waals surface area contributed by atoms with Gasteiger partial charge in [-0.1, -0.05) is 6.42 Å². The maximum atomic E-state index is 11.7. The second kappa shape index (κ2) is 6.43. The summed E-state index contributed by atoms with van der Waals surface area (Å²) in [6.45, 7) is 4.83. The van der Waals surface area contributed by atoms with E-state index >= 15 is 0 Å². The van der Waals surface area contributed by atoms with E-state index in [4.69, 9.17) is 15.2 Å². The van der Waals surface area contributed by atoms with Gasteiger partial charge in [-0.2, -0.15) is 0 Å². The first-order chi connectivity index (χ1) is 13.5. The van der Waals surface area contributed by atoms with Crippen molar-refractivity contribution < 1.29 is 19.1 Å². The molecule has 2 saturated carbocycles. The van der Waals surface area contributed by atoms with Crippen LogP contribution in [0.4, 0.5) is 4.79 Å². The van der Waals surface area contributed by atoms with Gasteiger partial charge in [-0.15, -0.1) is 11.3 Å². The molecule has 4 atom stereocenters. The number of carbonyl (C=O) groups excluding carboxylic acids is 2. The van der Waals surface area contributed by atoms with Crippen LogP contribution in [-0.2, 0) is 15.1 Å². The number of primary amides is 1. The number of rotatable bonds is 6. The number of carbonyl (C=O) groups is 2. The highest BCUT2D eigenvalue weighted by molar-refractivity contribution is 7.14. The Kier molecular flexibility index (Phi) is 4.23. The molecule has 2 aliphatic heterocycles. The zero-order valence-electron chi connectivity index (χ0n) is 16.2. The van der Waals surface area contributed by atoms with Crippen LogP contribution in [0.3, 0.4) is 0 Å². The molecular weight excluding hydrogens is 378 g/mol. The number of ether oxygens (including phenoxy) is 2. The molecule has 3 heterocycles. The minimum absolute atomic E-state index is 0.192. The van der Waals surface area contributed by atoms with E-state index in [0.717, 1.165) is 31.1 Å². The molecule has 2 N–H and O–H groups in total. The van der Waals surface area contributed by atoms with E-state index in [1.54, 1.807) is 4.90 Å². The van der Waals surface area contributed by atoms with E-state index in [2.05, 4.69) is 4.90 Å². The van der Waals surface area contributed by atoms with Crippen LogP contribution < -0.4 is 5.73 Å². The molecule has 5 rings (SSSR count).